The van der Waals surface area contributed by atoms with E-state index in [0.29, 0.717) is 12.8 Å². The number of amides is 1. The van der Waals surface area contributed by atoms with Gasteiger partial charge in [0.05, 0.1) is 18.8 Å². The van der Waals surface area contributed by atoms with E-state index >= 15 is 0 Å². The Morgan fingerprint density at radius 1 is 0.676 bits per heavy atom. The Balaban J connectivity index is 3.61. The lowest BCUT2D eigenvalue weighted by atomic mass is 10.0. The number of nitrogens with one attached hydrogen (secondary N) is 1. The number of carbonyl (C=O) groups excluding carboxylic acids is 1. The maximum Gasteiger partial charge on any atom is 0.220 e. The average Bonchev–Trinajstić information content (AvgIpc) is 2.90. The van der Waals surface area contributed by atoms with E-state index in [9.17, 15) is 15.0 Å². The molecule has 0 aromatic rings. The molecule has 0 aromatic carbocycles. The van der Waals surface area contributed by atoms with Crippen LogP contribution < -0.4 is 5.32 Å². The van der Waals surface area contributed by atoms with Crippen molar-refractivity contribution in [2.24, 2.45) is 0 Å². The molecule has 0 radical (unpaired) electrons. The van der Waals surface area contributed by atoms with Gasteiger partial charge in [-0.05, 0) is 44.9 Å². The van der Waals surface area contributed by atoms with Crippen molar-refractivity contribution < 1.29 is 15.0 Å². The molecule has 2 atom stereocenters. The molecule has 4 nitrogen and oxygen atoms in total. The molecule has 0 heterocycles. The molecule has 0 aliphatic rings. The van der Waals surface area contributed by atoms with Crippen molar-refractivity contribution >= 4 is 5.91 Å². The van der Waals surface area contributed by atoms with E-state index in [1.54, 1.807) is 0 Å². The van der Waals surface area contributed by atoms with Gasteiger partial charge in [0.15, 0.2) is 0 Å². The van der Waals surface area contributed by atoms with E-state index in [2.05, 4.69) is 55.6 Å². The van der Waals surface area contributed by atoms with E-state index in [0.717, 1.165) is 44.9 Å². The van der Waals surface area contributed by atoms with Crippen LogP contribution in [-0.4, -0.2) is 34.9 Å². The fraction of sp³-hybridized carbons (Fsp3) is 0.788. The van der Waals surface area contributed by atoms with Crippen molar-refractivity contribution in [3.8, 4) is 0 Å². The van der Waals surface area contributed by atoms with Gasteiger partial charge in [-0.1, -0.05) is 134 Å². The number of hydrogen-bond acceptors (Lipinski definition) is 3. The smallest absolute Gasteiger partial charge is 0.220 e. The summed E-state index contributed by atoms with van der Waals surface area (Å²) in [6.07, 6.45) is 36.2. The van der Waals surface area contributed by atoms with Gasteiger partial charge in [0, 0.05) is 6.42 Å². The molecule has 2 unspecified atom stereocenters. The number of aliphatic hydroxyl groups is 2. The molecule has 0 aliphatic heterocycles. The normalized spacial score (nSPS) is 13.7. The van der Waals surface area contributed by atoms with Crippen LogP contribution in [0.3, 0.4) is 0 Å². The number of carbonyl (C=O) groups is 1. The largest absolute Gasteiger partial charge is 0.394 e. The van der Waals surface area contributed by atoms with E-state index in [-0.39, 0.29) is 12.5 Å². The Morgan fingerprint density at radius 3 is 1.78 bits per heavy atom. The van der Waals surface area contributed by atoms with E-state index in [1.165, 1.54) is 77.0 Å². The highest BCUT2D eigenvalue weighted by Crippen LogP contribution is 2.13. The predicted octanol–water partition coefficient (Wildman–Crippen LogP) is 8.72. The molecule has 216 valence electrons. The van der Waals surface area contributed by atoms with Crippen molar-refractivity contribution in [1.82, 2.24) is 5.32 Å². The molecule has 1 amide bonds. The summed E-state index contributed by atoms with van der Waals surface area (Å²) < 4.78 is 0. The van der Waals surface area contributed by atoms with Crippen LogP contribution in [-0.2, 0) is 4.79 Å². The molecule has 0 aromatic heterocycles. The highest BCUT2D eigenvalue weighted by Gasteiger charge is 2.19. The zero-order valence-corrected chi connectivity index (χ0v) is 24.5. The summed E-state index contributed by atoms with van der Waals surface area (Å²) in [5, 5.41) is 22.8. The monoisotopic (exact) mass is 519 g/mol. The first-order chi connectivity index (χ1) is 18.2. The minimum atomic E-state index is -0.659. The van der Waals surface area contributed by atoms with Crippen molar-refractivity contribution in [2.75, 3.05) is 6.61 Å². The maximum atomic E-state index is 12.2. The van der Waals surface area contributed by atoms with Crippen molar-refractivity contribution in [2.45, 2.75) is 161 Å². The third kappa shape index (κ3) is 26.0. The Bertz CT molecular complexity index is 570. The molecular formula is C33H61NO3. The van der Waals surface area contributed by atoms with Gasteiger partial charge in [-0.2, -0.15) is 0 Å². The van der Waals surface area contributed by atoms with Gasteiger partial charge in [-0.25, -0.2) is 0 Å². The average molecular weight is 520 g/mol. The van der Waals surface area contributed by atoms with Crippen molar-refractivity contribution in [3.63, 3.8) is 0 Å². The minimum absolute atomic E-state index is 0.0481. The second-order valence-electron chi connectivity index (χ2n) is 10.5. The van der Waals surface area contributed by atoms with Crippen LogP contribution in [0.25, 0.3) is 0 Å². The van der Waals surface area contributed by atoms with Gasteiger partial charge in [0.25, 0.3) is 0 Å². The zero-order valence-electron chi connectivity index (χ0n) is 24.5. The molecule has 0 spiro atoms. The first kappa shape index (κ1) is 35.6. The topological polar surface area (TPSA) is 69.6 Å². The SMILES string of the molecule is CC/C=C\C/C=C\C/C=C\CCCCCCCCCC(=O)NC(CO)C(O)CCCCCCCCCC. The number of hydrogen-bond donors (Lipinski definition) is 3. The third-order valence-corrected chi connectivity index (χ3v) is 6.92. The first-order valence-corrected chi connectivity index (χ1v) is 15.7. The van der Waals surface area contributed by atoms with Crippen molar-refractivity contribution in [1.29, 1.82) is 0 Å². The lowest BCUT2D eigenvalue weighted by Gasteiger charge is -2.22. The summed E-state index contributed by atoms with van der Waals surface area (Å²) in [6, 6.07) is -0.537. The van der Waals surface area contributed by atoms with Gasteiger partial charge >= 0.3 is 0 Å². The zero-order chi connectivity index (χ0) is 27.2. The maximum absolute atomic E-state index is 12.2. The highest BCUT2D eigenvalue weighted by molar-refractivity contribution is 5.76. The Hall–Kier alpha value is -1.39. The van der Waals surface area contributed by atoms with Gasteiger partial charge in [0.1, 0.15) is 0 Å². The molecule has 4 heteroatoms. The van der Waals surface area contributed by atoms with Crippen LogP contribution >= 0.6 is 0 Å². The van der Waals surface area contributed by atoms with Crippen LogP contribution in [0.1, 0.15) is 149 Å². The number of aliphatic hydroxyl groups excluding tert-OH is 2. The second-order valence-corrected chi connectivity index (χ2v) is 10.5. The molecule has 37 heavy (non-hydrogen) atoms. The predicted molar refractivity (Wildman–Crippen MR) is 161 cm³/mol. The summed E-state index contributed by atoms with van der Waals surface area (Å²) in [7, 11) is 0. The van der Waals surface area contributed by atoms with E-state index in [1.807, 2.05) is 0 Å². The Morgan fingerprint density at radius 2 is 1.19 bits per heavy atom. The van der Waals surface area contributed by atoms with Gasteiger partial charge in [-0.3, -0.25) is 4.79 Å². The lowest BCUT2D eigenvalue weighted by molar-refractivity contribution is -0.123. The number of allylic oxidation sites excluding steroid dienone is 6. The Labute approximate surface area is 230 Å². The molecule has 0 bridgehead atoms. The number of rotatable bonds is 27. The fourth-order valence-electron chi connectivity index (χ4n) is 4.49. The van der Waals surface area contributed by atoms with E-state index in [4.69, 9.17) is 0 Å². The number of unbranched alkanes of at least 4 members (excludes halogenated alkanes) is 14. The van der Waals surface area contributed by atoms with Gasteiger partial charge in [-0.15, -0.1) is 0 Å². The quantitative estimate of drug-likeness (QED) is 0.0750. The van der Waals surface area contributed by atoms with E-state index < -0.39 is 12.1 Å². The van der Waals surface area contributed by atoms with Crippen molar-refractivity contribution in [3.05, 3.63) is 36.5 Å². The third-order valence-electron chi connectivity index (χ3n) is 6.92. The summed E-state index contributed by atoms with van der Waals surface area (Å²) in [4.78, 5) is 12.2. The van der Waals surface area contributed by atoms with Gasteiger partial charge in [0.2, 0.25) is 5.91 Å². The molecule has 0 rings (SSSR count). The van der Waals surface area contributed by atoms with Crippen LogP contribution in [0.15, 0.2) is 36.5 Å². The summed E-state index contributed by atoms with van der Waals surface area (Å²) >= 11 is 0. The van der Waals surface area contributed by atoms with Crippen LogP contribution in [0, 0.1) is 0 Å². The van der Waals surface area contributed by atoms with Crippen LogP contribution in [0.5, 0.6) is 0 Å². The molecule has 3 N–H and O–H groups in total. The lowest BCUT2D eigenvalue weighted by Crippen LogP contribution is -2.45. The first-order valence-electron chi connectivity index (χ1n) is 15.7. The highest BCUT2D eigenvalue weighted by atomic mass is 16.3. The molecule has 0 saturated carbocycles. The summed E-state index contributed by atoms with van der Waals surface area (Å²) in [5.41, 5.74) is 0. The molecular weight excluding hydrogens is 458 g/mol. The second kappa shape index (κ2) is 29.2. The standard InChI is InChI=1S/C33H61NO3/c1-3-5-7-9-11-13-14-15-16-17-18-19-20-21-23-25-27-29-33(37)34-31(30-35)32(36)28-26-24-22-12-10-8-6-4-2/h5,7,11,13,15-16,31-32,35-36H,3-4,6,8-10,12,14,17-30H2,1-2H3,(H,34,37)/b7-5-,13-11-,16-15-. The fourth-order valence-corrected chi connectivity index (χ4v) is 4.49. The summed E-state index contributed by atoms with van der Waals surface area (Å²) in [5.74, 6) is -0.0481. The van der Waals surface area contributed by atoms with Crippen LogP contribution in [0.2, 0.25) is 0 Å². The van der Waals surface area contributed by atoms with Gasteiger partial charge < -0.3 is 15.5 Å². The van der Waals surface area contributed by atoms with Crippen LogP contribution in [0.4, 0.5) is 0 Å². The molecule has 0 aliphatic carbocycles. The summed E-state index contributed by atoms with van der Waals surface area (Å²) in [6.45, 7) is 4.19. The Kier molecular flexibility index (Phi) is 28.1. The molecule has 0 fully saturated rings. The minimum Gasteiger partial charge on any atom is -0.394 e. The molecule has 0 saturated heterocycles.